The highest BCUT2D eigenvalue weighted by molar-refractivity contribution is 5.51. The van der Waals surface area contributed by atoms with Crippen LogP contribution in [-0.2, 0) is 14.2 Å². The highest BCUT2D eigenvalue weighted by Crippen LogP contribution is 2.19. The molecule has 30 heavy (non-hydrogen) atoms. The van der Waals surface area contributed by atoms with Crippen LogP contribution >= 0.6 is 0 Å². The zero-order chi connectivity index (χ0) is 21.5. The molecule has 0 heterocycles. The van der Waals surface area contributed by atoms with Gasteiger partial charge in [0.15, 0.2) is 0 Å². The molecule has 0 spiro atoms. The first kappa shape index (κ1) is 26.7. The summed E-state index contributed by atoms with van der Waals surface area (Å²) < 4.78 is 22.2. The topological polar surface area (TPSA) is 62.9 Å². The summed E-state index contributed by atoms with van der Waals surface area (Å²) in [6.45, 7) is 6.55. The van der Waals surface area contributed by atoms with Gasteiger partial charge in [0.05, 0.1) is 38.7 Å². The van der Waals surface area contributed by atoms with Crippen LogP contribution in [-0.4, -0.2) is 46.2 Å². The van der Waals surface area contributed by atoms with Gasteiger partial charge < -0.3 is 24.7 Å². The van der Waals surface area contributed by atoms with Gasteiger partial charge in [-0.1, -0.05) is 83.3 Å². The Hall–Kier alpha value is -1.30. The Bertz CT molecular complexity index is 484. The third-order valence-electron chi connectivity index (χ3n) is 5.04. The average Bonchev–Trinajstić information content (AvgIpc) is 2.76. The van der Waals surface area contributed by atoms with Gasteiger partial charge in [0.1, 0.15) is 12.4 Å². The first-order valence-corrected chi connectivity index (χ1v) is 12.0. The maximum absolute atomic E-state index is 5.81. The van der Waals surface area contributed by atoms with Crippen LogP contribution in [0.15, 0.2) is 24.3 Å². The molecule has 5 heteroatoms. The van der Waals surface area contributed by atoms with E-state index in [1.54, 1.807) is 0 Å². The molecule has 0 radical (unpaired) electrons. The summed E-state index contributed by atoms with van der Waals surface area (Å²) in [5, 5.41) is 0. The maximum atomic E-state index is 5.81. The van der Waals surface area contributed by atoms with Crippen molar-refractivity contribution >= 4 is 5.69 Å². The van der Waals surface area contributed by atoms with Gasteiger partial charge in [-0.25, -0.2) is 0 Å². The molecule has 0 unspecified atom stereocenters. The van der Waals surface area contributed by atoms with Crippen LogP contribution < -0.4 is 10.5 Å². The summed E-state index contributed by atoms with van der Waals surface area (Å²) in [6.07, 6.45) is 15.0. The van der Waals surface area contributed by atoms with Crippen molar-refractivity contribution in [3.8, 4) is 5.75 Å². The Labute approximate surface area is 184 Å². The predicted octanol–water partition coefficient (Wildman–Crippen LogP) is 6.01. The SMILES string of the molecule is CCCCCCCCCCCCCOCCOCCOCCOc1ccccc1N. The van der Waals surface area contributed by atoms with Gasteiger partial charge in [-0.2, -0.15) is 0 Å². The molecule has 1 aromatic carbocycles. The largest absolute Gasteiger partial charge is 0.489 e. The second-order valence-electron chi connectivity index (χ2n) is 7.76. The van der Waals surface area contributed by atoms with Crippen molar-refractivity contribution in [3.05, 3.63) is 24.3 Å². The highest BCUT2D eigenvalue weighted by Gasteiger charge is 1.98. The molecule has 5 nitrogen and oxygen atoms in total. The third-order valence-corrected chi connectivity index (χ3v) is 5.04. The molecule has 0 fully saturated rings. The fourth-order valence-electron chi connectivity index (χ4n) is 3.23. The van der Waals surface area contributed by atoms with Crippen LogP contribution in [0.25, 0.3) is 0 Å². The molecule has 1 rings (SSSR count). The number of anilines is 1. The molecule has 1 aromatic rings. The first-order valence-electron chi connectivity index (χ1n) is 12.0. The number of ether oxygens (including phenoxy) is 4. The van der Waals surface area contributed by atoms with Crippen LogP contribution in [0.1, 0.15) is 77.6 Å². The Kier molecular flexibility index (Phi) is 18.7. The Morgan fingerprint density at radius 3 is 1.60 bits per heavy atom. The Balaban J connectivity index is 1.70. The van der Waals surface area contributed by atoms with E-state index in [0.717, 1.165) is 13.0 Å². The van der Waals surface area contributed by atoms with E-state index in [0.29, 0.717) is 51.1 Å². The molecular weight excluding hydrogens is 378 g/mol. The molecule has 0 aliphatic heterocycles. The summed E-state index contributed by atoms with van der Waals surface area (Å²) in [7, 11) is 0. The average molecular weight is 424 g/mol. The van der Waals surface area contributed by atoms with Crippen LogP contribution in [0.2, 0.25) is 0 Å². The fourth-order valence-corrected chi connectivity index (χ4v) is 3.23. The highest BCUT2D eigenvalue weighted by atomic mass is 16.6. The van der Waals surface area contributed by atoms with Crippen LogP contribution in [0, 0.1) is 0 Å². The van der Waals surface area contributed by atoms with Crippen molar-refractivity contribution in [2.24, 2.45) is 0 Å². The second-order valence-corrected chi connectivity index (χ2v) is 7.76. The van der Waals surface area contributed by atoms with Gasteiger partial charge in [-0.05, 0) is 18.6 Å². The predicted molar refractivity (Wildman–Crippen MR) is 125 cm³/mol. The van der Waals surface area contributed by atoms with E-state index in [4.69, 9.17) is 24.7 Å². The van der Waals surface area contributed by atoms with E-state index in [1.807, 2.05) is 24.3 Å². The number of rotatable bonds is 22. The maximum Gasteiger partial charge on any atom is 0.142 e. The van der Waals surface area contributed by atoms with Gasteiger partial charge in [-0.3, -0.25) is 0 Å². The molecular formula is C25H45NO4. The molecule has 174 valence electrons. The summed E-state index contributed by atoms with van der Waals surface area (Å²) in [4.78, 5) is 0. The van der Waals surface area contributed by atoms with Crippen molar-refractivity contribution < 1.29 is 18.9 Å². The molecule has 0 atom stereocenters. The lowest BCUT2D eigenvalue weighted by Gasteiger charge is -2.09. The van der Waals surface area contributed by atoms with E-state index in [9.17, 15) is 0 Å². The number of para-hydroxylation sites is 2. The summed E-state index contributed by atoms with van der Waals surface area (Å²) in [5.74, 6) is 0.701. The number of unbranched alkanes of at least 4 members (excludes halogenated alkanes) is 10. The molecule has 2 N–H and O–H groups in total. The zero-order valence-electron chi connectivity index (χ0n) is 19.2. The quantitative estimate of drug-likeness (QED) is 0.183. The molecule has 0 aromatic heterocycles. The number of hydrogen-bond donors (Lipinski definition) is 1. The monoisotopic (exact) mass is 423 g/mol. The van der Waals surface area contributed by atoms with Gasteiger partial charge >= 0.3 is 0 Å². The fraction of sp³-hybridized carbons (Fsp3) is 0.760. The minimum atomic E-state index is 0.482. The number of nitrogens with two attached hydrogens (primary N) is 1. The van der Waals surface area contributed by atoms with E-state index >= 15 is 0 Å². The number of benzene rings is 1. The Morgan fingerprint density at radius 2 is 1.03 bits per heavy atom. The summed E-state index contributed by atoms with van der Waals surface area (Å²) in [6, 6.07) is 7.47. The van der Waals surface area contributed by atoms with Crippen molar-refractivity contribution in [1.82, 2.24) is 0 Å². The lowest BCUT2D eigenvalue weighted by atomic mass is 10.1. The number of nitrogen functional groups attached to an aromatic ring is 1. The van der Waals surface area contributed by atoms with E-state index in [1.165, 1.54) is 64.2 Å². The van der Waals surface area contributed by atoms with Crippen molar-refractivity contribution in [1.29, 1.82) is 0 Å². The lowest BCUT2D eigenvalue weighted by Crippen LogP contribution is -2.13. The van der Waals surface area contributed by atoms with Gasteiger partial charge in [0.2, 0.25) is 0 Å². The molecule has 0 bridgehead atoms. The van der Waals surface area contributed by atoms with Gasteiger partial charge in [0.25, 0.3) is 0 Å². The van der Waals surface area contributed by atoms with Crippen molar-refractivity contribution in [2.45, 2.75) is 77.6 Å². The second kappa shape index (κ2) is 21.0. The third kappa shape index (κ3) is 16.5. The zero-order valence-corrected chi connectivity index (χ0v) is 19.2. The smallest absolute Gasteiger partial charge is 0.142 e. The van der Waals surface area contributed by atoms with Crippen LogP contribution in [0.5, 0.6) is 5.75 Å². The van der Waals surface area contributed by atoms with Crippen molar-refractivity contribution in [2.75, 3.05) is 52.0 Å². The Morgan fingerprint density at radius 1 is 0.567 bits per heavy atom. The molecule has 0 aliphatic carbocycles. The normalized spacial score (nSPS) is 11.1. The minimum absolute atomic E-state index is 0.482. The molecule has 0 saturated carbocycles. The minimum Gasteiger partial charge on any atom is -0.489 e. The van der Waals surface area contributed by atoms with Crippen LogP contribution in [0.3, 0.4) is 0 Å². The van der Waals surface area contributed by atoms with Crippen LogP contribution in [0.4, 0.5) is 5.69 Å². The lowest BCUT2D eigenvalue weighted by molar-refractivity contribution is 0.00882. The standard InChI is InChI=1S/C25H45NO4/c1-2-3-4-5-6-7-8-9-10-11-14-17-27-18-19-28-20-21-29-22-23-30-25-16-13-12-15-24(25)26/h12-13,15-16H,2-11,14,17-23,26H2,1H3. The van der Waals surface area contributed by atoms with E-state index < -0.39 is 0 Å². The molecule has 0 amide bonds. The van der Waals surface area contributed by atoms with Gasteiger partial charge in [-0.15, -0.1) is 0 Å². The number of hydrogen-bond acceptors (Lipinski definition) is 5. The first-order chi connectivity index (χ1) is 14.8. The van der Waals surface area contributed by atoms with Crippen molar-refractivity contribution in [3.63, 3.8) is 0 Å². The molecule has 0 saturated heterocycles. The summed E-state index contributed by atoms with van der Waals surface area (Å²) in [5.41, 5.74) is 6.46. The summed E-state index contributed by atoms with van der Waals surface area (Å²) >= 11 is 0. The molecule has 0 aliphatic rings. The van der Waals surface area contributed by atoms with Gasteiger partial charge in [0, 0.05) is 6.61 Å². The van der Waals surface area contributed by atoms with E-state index in [-0.39, 0.29) is 0 Å². The van der Waals surface area contributed by atoms with E-state index in [2.05, 4.69) is 6.92 Å².